The number of rotatable bonds is 6. The maximum absolute atomic E-state index is 11.0. The maximum atomic E-state index is 11.0. The Morgan fingerprint density at radius 1 is 1.50 bits per heavy atom. The summed E-state index contributed by atoms with van der Waals surface area (Å²) in [5, 5.41) is 14.3. The van der Waals surface area contributed by atoms with Gasteiger partial charge in [0.25, 0.3) is 5.69 Å². The summed E-state index contributed by atoms with van der Waals surface area (Å²) in [4.78, 5) is 10.7. The van der Waals surface area contributed by atoms with Crippen LogP contribution in [0.25, 0.3) is 0 Å². The number of nitrogens with one attached hydrogen (secondary N) is 1. The average Bonchev–Trinajstić information content (AvgIpc) is 2.37. The minimum absolute atomic E-state index is 0.0389. The summed E-state index contributed by atoms with van der Waals surface area (Å²) in [5.41, 5.74) is 1.61. The molecular formula is C14H20N2O4. The lowest BCUT2D eigenvalue weighted by molar-refractivity contribution is -0.384. The second-order valence-electron chi connectivity index (χ2n) is 4.96. The molecular weight excluding hydrogens is 260 g/mol. The zero-order chi connectivity index (χ0) is 14.7. The normalized spacial score (nSPS) is 25.1. The Morgan fingerprint density at radius 2 is 2.25 bits per heavy atom. The van der Waals surface area contributed by atoms with Gasteiger partial charge in [-0.2, -0.15) is 0 Å². The van der Waals surface area contributed by atoms with Crippen molar-refractivity contribution in [1.29, 1.82) is 0 Å². The zero-order valence-corrected chi connectivity index (χ0v) is 12.0. The van der Waals surface area contributed by atoms with Crippen molar-refractivity contribution in [2.45, 2.75) is 38.5 Å². The van der Waals surface area contributed by atoms with Gasteiger partial charge < -0.3 is 14.8 Å². The number of hydrogen-bond acceptors (Lipinski definition) is 5. The standard InChI is InChI=1S/C14H20N2O4/c1-4-20-13-8-11(14(13)19-3)15-10-7-9(2)5-6-12(10)16(17)18/h5-7,11,13-15H,4,8H2,1-3H3. The zero-order valence-electron chi connectivity index (χ0n) is 12.0. The highest BCUT2D eigenvalue weighted by Gasteiger charge is 2.42. The van der Waals surface area contributed by atoms with E-state index in [-0.39, 0.29) is 28.9 Å². The number of nitro groups is 1. The monoisotopic (exact) mass is 280 g/mol. The molecule has 1 aromatic carbocycles. The molecule has 0 spiro atoms. The molecule has 20 heavy (non-hydrogen) atoms. The third-order valence-corrected chi connectivity index (χ3v) is 3.59. The van der Waals surface area contributed by atoms with Gasteiger partial charge in [-0.1, -0.05) is 6.07 Å². The van der Waals surface area contributed by atoms with Gasteiger partial charge in [0.15, 0.2) is 0 Å². The van der Waals surface area contributed by atoms with Crippen LogP contribution < -0.4 is 5.32 Å². The van der Waals surface area contributed by atoms with Crippen LogP contribution in [-0.2, 0) is 9.47 Å². The second kappa shape index (κ2) is 6.19. The lowest BCUT2D eigenvalue weighted by Crippen LogP contribution is -2.56. The van der Waals surface area contributed by atoms with Gasteiger partial charge in [-0.3, -0.25) is 10.1 Å². The fourth-order valence-corrected chi connectivity index (χ4v) is 2.54. The SMILES string of the molecule is CCOC1CC(Nc2cc(C)ccc2[N+](=O)[O-])C1OC. The molecule has 0 aromatic heterocycles. The first-order valence-corrected chi connectivity index (χ1v) is 6.72. The summed E-state index contributed by atoms with van der Waals surface area (Å²) in [6.45, 7) is 4.49. The fourth-order valence-electron chi connectivity index (χ4n) is 2.54. The van der Waals surface area contributed by atoms with E-state index in [1.807, 2.05) is 13.8 Å². The molecule has 1 aliphatic carbocycles. The molecule has 6 nitrogen and oxygen atoms in total. The molecule has 1 fully saturated rings. The number of anilines is 1. The van der Waals surface area contributed by atoms with E-state index in [0.717, 1.165) is 12.0 Å². The van der Waals surface area contributed by atoms with E-state index >= 15 is 0 Å². The van der Waals surface area contributed by atoms with Gasteiger partial charge in [0.1, 0.15) is 11.8 Å². The van der Waals surface area contributed by atoms with Gasteiger partial charge in [0.05, 0.1) is 17.1 Å². The van der Waals surface area contributed by atoms with Crippen LogP contribution >= 0.6 is 0 Å². The first-order valence-electron chi connectivity index (χ1n) is 6.72. The lowest BCUT2D eigenvalue weighted by atomic mass is 9.85. The van der Waals surface area contributed by atoms with Crippen LogP contribution in [0.5, 0.6) is 0 Å². The summed E-state index contributed by atoms with van der Waals surface area (Å²) in [6.07, 6.45) is 0.777. The molecule has 0 amide bonds. The Balaban J connectivity index is 2.11. The van der Waals surface area contributed by atoms with Gasteiger partial charge in [0, 0.05) is 19.8 Å². The van der Waals surface area contributed by atoms with E-state index in [4.69, 9.17) is 9.47 Å². The maximum Gasteiger partial charge on any atom is 0.292 e. The number of nitrogens with zero attached hydrogens (tertiary/aromatic N) is 1. The minimum Gasteiger partial charge on any atom is -0.377 e. The molecule has 3 unspecified atom stereocenters. The van der Waals surface area contributed by atoms with Crippen LogP contribution in [0.3, 0.4) is 0 Å². The molecule has 0 aliphatic heterocycles. The van der Waals surface area contributed by atoms with Crippen LogP contribution in [-0.4, -0.2) is 36.9 Å². The summed E-state index contributed by atoms with van der Waals surface area (Å²) in [5.74, 6) is 0. The van der Waals surface area contributed by atoms with E-state index in [1.54, 1.807) is 19.2 Å². The highest BCUT2D eigenvalue weighted by atomic mass is 16.6. The highest BCUT2D eigenvalue weighted by molar-refractivity contribution is 5.63. The van der Waals surface area contributed by atoms with E-state index < -0.39 is 0 Å². The average molecular weight is 280 g/mol. The van der Waals surface area contributed by atoms with Crippen LogP contribution in [0.1, 0.15) is 18.9 Å². The molecule has 110 valence electrons. The Hall–Kier alpha value is -1.66. The Morgan fingerprint density at radius 3 is 2.85 bits per heavy atom. The molecule has 0 bridgehead atoms. The lowest BCUT2D eigenvalue weighted by Gasteiger charge is -2.43. The number of aryl methyl sites for hydroxylation is 1. The summed E-state index contributed by atoms with van der Waals surface area (Å²) in [6, 6.07) is 5.09. The quantitative estimate of drug-likeness (QED) is 0.640. The first kappa shape index (κ1) is 14.7. The molecule has 0 saturated heterocycles. The Labute approximate surface area is 118 Å². The van der Waals surface area contributed by atoms with Crippen molar-refractivity contribution in [3.63, 3.8) is 0 Å². The Bertz CT molecular complexity index is 492. The van der Waals surface area contributed by atoms with Gasteiger partial charge >= 0.3 is 0 Å². The van der Waals surface area contributed by atoms with Crippen LogP contribution in [0.4, 0.5) is 11.4 Å². The van der Waals surface area contributed by atoms with Gasteiger partial charge in [-0.05, 0) is 31.9 Å². The number of hydrogen-bond donors (Lipinski definition) is 1. The van der Waals surface area contributed by atoms with Crippen molar-refractivity contribution >= 4 is 11.4 Å². The molecule has 1 aliphatic rings. The molecule has 6 heteroatoms. The van der Waals surface area contributed by atoms with E-state index in [9.17, 15) is 10.1 Å². The van der Waals surface area contributed by atoms with Crippen LogP contribution in [0.15, 0.2) is 18.2 Å². The largest absolute Gasteiger partial charge is 0.377 e. The number of nitro benzene ring substituents is 1. The smallest absolute Gasteiger partial charge is 0.292 e. The van der Waals surface area contributed by atoms with E-state index in [1.165, 1.54) is 6.07 Å². The number of ether oxygens (including phenoxy) is 2. The van der Waals surface area contributed by atoms with Crippen molar-refractivity contribution < 1.29 is 14.4 Å². The molecule has 1 saturated carbocycles. The van der Waals surface area contributed by atoms with Gasteiger partial charge in [-0.15, -0.1) is 0 Å². The van der Waals surface area contributed by atoms with Crippen LogP contribution in [0.2, 0.25) is 0 Å². The predicted molar refractivity (Wildman–Crippen MR) is 76.1 cm³/mol. The molecule has 0 radical (unpaired) electrons. The van der Waals surface area contributed by atoms with Gasteiger partial charge in [-0.25, -0.2) is 0 Å². The van der Waals surface area contributed by atoms with E-state index in [0.29, 0.717) is 12.3 Å². The van der Waals surface area contributed by atoms with Crippen molar-refractivity contribution in [1.82, 2.24) is 0 Å². The van der Waals surface area contributed by atoms with Gasteiger partial charge in [0.2, 0.25) is 0 Å². The van der Waals surface area contributed by atoms with Crippen LogP contribution in [0, 0.1) is 17.0 Å². The summed E-state index contributed by atoms with van der Waals surface area (Å²) >= 11 is 0. The van der Waals surface area contributed by atoms with Crippen molar-refractivity contribution in [2.24, 2.45) is 0 Å². The predicted octanol–water partition coefficient (Wildman–Crippen LogP) is 2.51. The number of methoxy groups -OCH3 is 1. The van der Waals surface area contributed by atoms with E-state index in [2.05, 4.69) is 5.32 Å². The minimum atomic E-state index is -0.373. The fraction of sp³-hybridized carbons (Fsp3) is 0.571. The van der Waals surface area contributed by atoms with Crippen molar-refractivity contribution in [3.05, 3.63) is 33.9 Å². The summed E-state index contributed by atoms with van der Waals surface area (Å²) < 4.78 is 11.0. The highest BCUT2D eigenvalue weighted by Crippen LogP contribution is 2.33. The molecule has 0 heterocycles. The molecule has 1 aromatic rings. The third kappa shape index (κ3) is 2.91. The first-order chi connectivity index (χ1) is 9.56. The Kier molecular flexibility index (Phi) is 4.57. The second-order valence-corrected chi connectivity index (χ2v) is 4.96. The van der Waals surface area contributed by atoms with Crippen molar-refractivity contribution in [2.75, 3.05) is 19.0 Å². The number of benzene rings is 1. The molecule has 2 rings (SSSR count). The van der Waals surface area contributed by atoms with Crippen molar-refractivity contribution in [3.8, 4) is 0 Å². The third-order valence-electron chi connectivity index (χ3n) is 3.59. The molecule has 3 atom stereocenters. The summed E-state index contributed by atoms with van der Waals surface area (Å²) in [7, 11) is 1.63. The topological polar surface area (TPSA) is 73.6 Å². The molecule has 1 N–H and O–H groups in total.